The number of nitrogens with two attached hydrogens (primary N) is 1. The Hall–Kier alpha value is -3.77. The molecule has 5 amide bonds. The molecule has 4 aliphatic rings. The Bertz CT molecular complexity index is 1590. The van der Waals surface area contributed by atoms with Crippen LogP contribution in [0.1, 0.15) is 53.7 Å². The Balaban J connectivity index is 1.17. The van der Waals surface area contributed by atoms with Crippen molar-refractivity contribution in [2.45, 2.75) is 75.5 Å². The summed E-state index contributed by atoms with van der Waals surface area (Å²) in [5, 5.41) is 7.43. The zero-order valence-electron chi connectivity index (χ0n) is 28.9. The van der Waals surface area contributed by atoms with Crippen molar-refractivity contribution in [3.8, 4) is 0 Å². The molecular weight excluding hydrogens is 714 g/mol. The number of amides is 5. The highest BCUT2D eigenvalue weighted by Crippen LogP contribution is 2.42. The number of alkyl halides is 6. The Kier molecular flexibility index (Phi) is 11.2. The number of urea groups is 2. The minimum atomic E-state index is -5.19. The molecule has 1 atom stereocenters. The lowest BCUT2D eigenvalue weighted by molar-refractivity contribution is -0.141. The molecule has 11 nitrogen and oxygen atoms in total. The quantitative estimate of drug-likeness (QED) is 0.278. The van der Waals surface area contributed by atoms with Gasteiger partial charge in [0, 0.05) is 62.7 Å². The molecule has 0 saturated carbocycles. The summed E-state index contributed by atoms with van der Waals surface area (Å²) in [6.07, 6.45) is -7.77. The lowest BCUT2D eigenvalue weighted by Gasteiger charge is -2.41. The Morgan fingerprint density at radius 2 is 1.52 bits per heavy atom. The van der Waals surface area contributed by atoms with Crippen molar-refractivity contribution in [2.24, 2.45) is 0 Å². The summed E-state index contributed by atoms with van der Waals surface area (Å²) in [6, 6.07) is 0.636. The molecule has 3 saturated heterocycles. The fourth-order valence-corrected chi connectivity index (χ4v) is 8.57. The SMILES string of the molecule is CN1CCCN(C2CCN(C(=O)[C@@H](Cc3cc(C(F)(F)F)c(N)c(C(F)(F)F)c3)NC(=O)N3CCC(N4Cc5sccc5NC4=O)CC3)CC2)CC1. The molecule has 0 spiro atoms. The number of halogens is 6. The summed E-state index contributed by atoms with van der Waals surface area (Å²) in [4.78, 5) is 50.9. The van der Waals surface area contributed by atoms with Crippen molar-refractivity contribution < 1.29 is 40.7 Å². The number of anilines is 2. The van der Waals surface area contributed by atoms with Gasteiger partial charge in [0.1, 0.15) is 6.04 Å². The predicted octanol–water partition coefficient (Wildman–Crippen LogP) is 5.13. The molecule has 1 aromatic heterocycles. The van der Waals surface area contributed by atoms with E-state index in [9.17, 15) is 40.7 Å². The second kappa shape index (κ2) is 15.3. The van der Waals surface area contributed by atoms with Gasteiger partial charge in [-0.25, -0.2) is 9.59 Å². The van der Waals surface area contributed by atoms with Crippen LogP contribution in [0, 0.1) is 0 Å². The van der Waals surface area contributed by atoms with E-state index in [1.54, 1.807) is 4.90 Å². The van der Waals surface area contributed by atoms with Crippen LogP contribution in [0.4, 0.5) is 47.3 Å². The first-order valence-corrected chi connectivity index (χ1v) is 18.4. The zero-order chi connectivity index (χ0) is 37.4. The minimum Gasteiger partial charge on any atom is -0.398 e. The van der Waals surface area contributed by atoms with Gasteiger partial charge in [-0.2, -0.15) is 26.3 Å². The normalized spacial score (nSPS) is 21.1. The number of piperidine rings is 2. The summed E-state index contributed by atoms with van der Waals surface area (Å²) >= 11 is 1.53. The summed E-state index contributed by atoms with van der Waals surface area (Å²) in [5.41, 5.74) is 0.960. The number of likely N-dealkylation sites (N-methyl/N-ethyl adjacent to an activating group) is 1. The molecule has 4 aliphatic heterocycles. The molecule has 3 fully saturated rings. The molecule has 286 valence electrons. The molecule has 18 heteroatoms. The van der Waals surface area contributed by atoms with Crippen LogP contribution in [0.3, 0.4) is 0 Å². The van der Waals surface area contributed by atoms with Crippen LogP contribution in [0.5, 0.6) is 0 Å². The van der Waals surface area contributed by atoms with E-state index in [1.165, 1.54) is 21.1 Å². The topological polar surface area (TPSA) is 117 Å². The number of fused-ring (bicyclic) bond motifs is 1. The number of benzene rings is 1. The molecule has 6 rings (SSSR count). The second-order valence-corrected chi connectivity index (χ2v) is 15.1. The third kappa shape index (κ3) is 8.54. The number of nitrogens with zero attached hydrogens (tertiary/aromatic N) is 5. The van der Waals surface area contributed by atoms with Gasteiger partial charge in [-0.15, -0.1) is 11.3 Å². The largest absolute Gasteiger partial charge is 0.418 e. The van der Waals surface area contributed by atoms with Gasteiger partial charge in [0.05, 0.1) is 29.0 Å². The fourth-order valence-electron chi connectivity index (χ4n) is 7.74. The number of rotatable bonds is 6. The van der Waals surface area contributed by atoms with Crippen LogP contribution in [-0.2, 0) is 30.1 Å². The Morgan fingerprint density at radius 1 is 0.904 bits per heavy atom. The van der Waals surface area contributed by atoms with Gasteiger partial charge in [0.25, 0.3) is 0 Å². The number of thiophene rings is 1. The maximum absolute atomic E-state index is 14.1. The van der Waals surface area contributed by atoms with E-state index in [0.29, 0.717) is 57.5 Å². The lowest BCUT2D eigenvalue weighted by Crippen LogP contribution is -2.57. The van der Waals surface area contributed by atoms with Crippen LogP contribution in [0.25, 0.3) is 0 Å². The van der Waals surface area contributed by atoms with Gasteiger partial charge in [0.15, 0.2) is 0 Å². The van der Waals surface area contributed by atoms with Crippen molar-refractivity contribution >= 4 is 40.7 Å². The van der Waals surface area contributed by atoms with Gasteiger partial charge in [-0.1, -0.05) is 0 Å². The summed E-state index contributed by atoms with van der Waals surface area (Å²) in [6.45, 7) is 5.31. The van der Waals surface area contributed by atoms with E-state index < -0.39 is 59.1 Å². The van der Waals surface area contributed by atoms with E-state index in [-0.39, 0.29) is 31.2 Å². The number of hydrogen-bond donors (Lipinski definition) is 3. The number of hydrogen-bond acceptors (Lipinski definition) is 7. The maximum atomic E-state index is 14.1. The lowest BCUT2D eigenvalue weighted by atomic mass is 9.96. The predicted molar refractivity (Wildman–Crippen MR) is 184 cm³/mol. The Labute approximate surface area is 302 Å². The highest BCUT2D eigenvalue weighted by molar-refractivity contribution is 7.10. The average molecular weight is 759 g/mol. The fraction of sp³-hybridized carbons (Fsp3) is 0.618. The van der Waals surface area contributed by atoms with Crippen LogP contribution in [0.15, 0.2) is 23.6 Å². The molecule has 5 heterocycles. The molecule has 0 aliphatic carbocycles. The van der Waals surface area contributed by atoms with Gasteiger partial charge < -0.3 is 36.0 Å². The van der Waals surface area contributed by atoms with Crippen molar-refractivity contribution in [1.29, 1.82) is 0 Å². The molecule has 0 bridgehead atoms. The van der Waals surface area contributed by atoms with E-state index >= 15 is 0 Å². The van der Waals surface area contributed by atoms with Gasteiger partial charge in [-0.05, 0) is 81.4 Å². The number of nitrogens with one attached hydrogen (secondary N) is 2. The smallest absolute Gasteiger partial charge is 0.398 e. The molecule has 0 radical (unpaired) electrons. The van der Waals surface area contributed by atoms with Crippen LogP contribution in [0.2, 0.25) is 0 Å². The second-order valence-electron chi connectivity index (χ2n) is 14.1. The van der Waals surface area contributed by atoms with Gasteiger partial charge >= 0.3 is 24.4 Å². The Morgan fingerprint density at radius 3 is 2.15 bits per heavy atom. The van der Waals surface area contributed by atoms with Crippen LogP contribution >= 0.6 is 11.3 Å². The van der Waals surface area contributed by atoms with Crippen LogP contribution < -0.4 is 16.4 Å². The number of nitrogen functional groups attached to an aromatic ring is 1. The first-order valence-electron chi connectivity index (χ1n) is 17.6. The van der Waals surface area contributed by atoms with E-state index in [1.807, 2.05) is 11.4 Å². The number of carbonyl (C=O) groups excluding carboxylic acids is 3. The summed E-state index contributed by atoms with van der Waals surface area (Å²) in [7, 11) is 2.07. The van der Waals surface area contributed by atoms with Crippen molar-refractivity contribution in [1.82, 2.24) is 29.8 Å². The highest BCUT2D eigenvalue weighted by atomic mass is 32.1. The standard InChI is InChI=1S/C34H44F6N8O3S/c1-44-8-2-9-45(15-14-44)22-3-10-46(11-4-22)30(49)27(19-21-17-24(33(35,36)37)29(41)25(18-21)34(38,39)40)43-31(50)47-12-5-23(6-13-47)48-20-28-26(7-16-52-28)42-32(48)51/h7,16-18,22-23,27H,2-6,8-15,19-20,41H2,1H3,(H,42,51)(H,43,50)/t27-/m1/s1. The molecule has 2 aromatic rings. The minimum absolute atomic E-state index is 0.154. The molecule has 0 unspecified atom stereocenters. The number of carbonyl (C=O) groups is 3. The maximum Gasteiger partial charge on any atom is 0.418 e. The first kappa shape index (κ1) is 38.0. The molecule has 1 aromatic carbocycles. The van der Waals surface area contributed by atoms with E-state index in [0.717, 1.165) is 43.2 Å². The van der Waals surface area contributed by atoms with Crippen molar-refractivity contribution in [2.75, 3.05) is 70.5 Å². The number of likely N-dealkylation sites (tertiary alicyclic amines) is 2. The summed E-state index contributed by atoms with van der Waals surface area (Å²) < 4.78 is 83.3. The molecule has 4 N–H and O–H groups in total. The van der Waals surface area contributed by atoms with Gasteiger partial charge in [0.2, 0.25) is 5.91 Å². The third-order valence-corrected chi connectivity index (χ3v) is 11.6. The van der Waals surface area contributed by atoms with E-state index in [4.69, 9.17) is 5.73 Å². The van der Waals surface area contributed by atoms with E-state index in [2.05, 4.69) is 27.5 Å². The molecule has 52 heavy (non-hydrogen) atoms. The van der Waals surface area contributed by atoms with Crippen molar-refractivity contribution in [3.05, 3.63) is 45.1 Å². The monoisotopic (exact) mass is 758 g/mol. The third-order valence-electron chi connectivity index (χ3n) is 10.7. The molecular formula is C34H44F6N8O3S. The zero-order valence-corrected chi connectivity index (χ0v) is 29.7. The van der Waals surface area contributed by atoms with Gasteiger partial charge in [-0.3, -0.25) is 9.69 Å². The summed E-state index contributed by atoms with van der Waals surface area (Å²) in [5.74, 6) is -0.576. The first-order chi connectivity index (χ1) is 24.6. The van der Waals surface area contributed by atoms with Crippen LogP contribution in [-0.4, -0.2) is 120 Å². The average Bonchev–Trinajstić information content (AvgIpc) is 3.44. The highest BCUT2D eigenvalue weighted by Gasteiger charge is 2.42. The van der Waals surface area contributed by atoms with Crippen molar-refractivity contribution in [3.63, 3.8) is 0 Å².